The second-order valence-corrected chi connectivity index (χ2v) is 6.73. The number of hydrogen-bond acceptors (Lipinski definition) is 3. The van der Waals surface area contributed by atoms with Crippen LogP contribution >= 0.6 is 23.2 Å². The van der Waals surface area contributed by atoms with Crippen molar-refractivity contribution < 1.29 is 5.11 Å². The summed E-state index contributed by atoms with van der Waals surface area (Å²) in [6.07, 6.45) is -0.684. The summed E-state index contributed by atoms with van der Waals surface area (Å²) in [5.74, 6) is 0. The lowest BCUT2D eigenvalue weighted by Gasteiger charge is -2.32. The molecule has 1 unspecified atom stereocenters. The second kappa shape index (κ2) is 6.88. The topological polar surface area (TPSA) is 58.3 Å². The fraction of sp³-hybridized carbons (Fsp3) is 0.294. The molecule has 0 aliphatic carbocycles. The predicted molar refractivity (Wildman–Crippen MR) is 93.2 cm³/mol. The number of benzene rings is 2. The highest BCUT2D eigenvalue weighted by Gasteiger charge is 2.28. The van der Waals surface area contributed by atoms with Crippen molar-refractivity contribution in [1.82, 2.24) is 5.32 Å². The molecule has 0 aromatic heterocycles. The number of rotatable bonds is 5. The number of hydrogen-bond donors (Lipinski definition) is 3. The number of nitrogen functional groups attached to an aromatic ring is 1. The maximum atomic E-state index is 10.6. The maximum Gasteiger partial charge on any atom is 0.0966 e. The highest BCUT2D eigenvalue weighted by Crippen LogP contribution is 2.28. The van der Waals surface area contributed by atoms with Gasteiger partial charge in [-0.05, 0) is 49.2 Å². The molecule has 0 radical (unpaired) electrons. The Balaban J connectivity index is 2.08. The van der Waals surface area contributed by atoms with E-state index in [1.54, 1.807) is 18.2 Å². The quantitative estimate of drug-likeness (QED) is 0.717. The maximum absolute atomic E-state index is 10.6. The van der Waals surface area contributed by atoms with E-state index in [4.69, 9.17) is 28.9 Å². The van der Waals surface area contributed by atoms with Crippen LogP contribution in [0.2, 0.25) is 10.0 Å². The minimum absolute atomic E-state index is 0.529. The standard InChI is InChI=1S/C17H20Cl2N2O/c1-17(2,16(22)12-4-3-5-13(18)9-12)21-10-11-6-7-14(19)15(20)8-11/h3-9,16,21-22H,10,20H2,1-2H3. The van der Waals surface area contributed by atoms with Crippen LogP contribution in [0.3, 0.4) is 0 Å². The average molecular weight is 339 g/mol. The van der Waals surface area contributed by atoms with Crippen molar-refractivity contribution in [3.05, 3.63) is 63.6 Å². The smallest absolute Gasteiger partial charge is 0.0966 e. The minimum Gasteiger partial charge on any atom is -0.398 e. The van der Waals surface area contributed by atoms with Crippen LogP contribution in [0.1, 0.15) is 31.1 Å². The van der Waals surface area contributed by atoms with E-state index in [2.05, 4.69) is 5.32 Å². The molecule has 0 aliphatic heterocycles. The molecule has 0 saturated heterocycles. The first-order valence-corrected chi connectivity index (χ1v) is 7.77. The summed E-state index contributed by atoms with van der Waals surface area (Å²) >= 11 is 11.9. The van der Waals surface area contributed by atoms with Gasteiger partial charge in [-0.1, -0.05) is 41.4 Å². The molecule has 1 atom stereocenters. The van der Waals surface area contributed by atoms with E-state index in [-0.39, 0.29) is 0 Å². The molecule has 0 amide bonds. The minimum atomic E-state index is -0.684. The molecule has 3 nitrogen and oxygen atoms in total. The summed E-state index contributed by atoms with van der Waals surface area (Å²) in [5, 5.41) is 15.1. The first kappa shape index (κ1) is 17.1. The average Bonchev–Trinajstić information content (AvgIpc) is 2.48. The molecule has 22 heavy (non-hydrogen) atoms. The molecule has 4 N–H and O–H groups in total. The van der Waals surface area contributed by atoms with Crippen LogP contribution < -0.4 is 11.1 Å². The largest absolute Gasteiger partial charge is 0.398 e. The van der Waals surface area contributed by atoms with Gasteiger partial charge in [-0.3, -0.25) is 0 Å². The van der Waals surface area contributed by atoms with E-state index in [1.807, 2.05) is 38.1 Å². The molecule has 0 bridgehead atoms. The van der Waals surface area contributed by atoms with Crippen molar-refractivity contribution >= 4 is 28.9 Å². The van der Waals surface area contributed by atoms with E-state index in [0.717, 1.165) is 11.1 Å². The van der Waals surface area contributed by atoms with Crippen molar-refractivity contribution in [2.75, 3.05) is 5.73 Å². The first-order chi connectivity index (χ1) is 10.3. The Morgan fingerprint density at radius 3 is 2.55 bits per heavy atom. The Morgan fingerprint density at radius 1 is 1.18 bits per heavy atom. The van der Waals surface area contributed by atoms with Crippen LogP contribution in [0.15, 0.2) is 42.5 Å². The Hall–Kier alpha value is -1.26. The molecule has 0 heterocycles. The lowest BCUT2D eigenvalue weighted by Crippen LogP contribution is -2.44. The SMILES string of the molecule is CC(C)(NCc1ccc(Cl)c(N)c1)C(O)c1cccc(Cl)c1. The van der Waals surface area contributed by atoms with Gasteiger partial charge in [0.25, 0.3) is 0 Å². The van der Waals surface area contributed by atoms with Gasteiger partial charge in [-0.2, -0.15) is 0 Å². The number of anilines is 1. The fourth-order valence-electron chi connectivity index (χ4n) is 2.22. The molecule has 5 heteroatoms. The molecule has 0 saturated carbocycles. The third-order valence-electron chi connectivity index (χ3n) is 3.66. The van der Waals surface area contributed by atoms with Crippen LogP contribution in [0.5, 0.6) is 0 Å². The Labute approximate surface area is 141 Å². The van der Waals surface area contributed by atoms with Crippen molar-refractivity contribution in [2.45, 2.75) is 32.0 Å². The van der Waals surface area contributed by atoms with Crippen molar-refractivity contribution in [3.8, 4) is 0 Å². The van der Waals surface area contributed by atoms with Gasteiger partial charge in [0.15, 0.2) is 0 Å². The van der Waals surface area contributed by atoms with Crippen molar-refractivity contribution in [3.63, 3.8) is 0 Å². The Morgan fingerprint density at radius 2 is 1.91 bits per heavy atom. The number of halogens is 2. The molecule has 2 rings (SSSR count). The van der Waals surface area contributed by atoms with Crippen LogP contribution in [0.4, 0.5) is 5.69 Å². The molecule has 2 aromatic carbocycles. The highest BCUT2D eigenvalue weighted by molar-refractivity contribution is 6.33. The second-order valence-electron chi connectivity index (χ2n) is 5.89. The van der Waals surface area contributed by atoms with Gasteiger partial charge >= 0.3 is 0 Å². The lowest BCUT2D eigenvalue weighted by atomic mass is 9.91. The van der Waals surface area contributed by atoms with E-state index >= 15 is 0 Å². The van der Waals surface area contributed by atoms with Gasteiger partial charge in [0.2, 0.25) is 0 Å². The zero-order valence-electron chi connectivity index (χ0n) is 12.6. The number of nitrogens with one attached hydrogen (secondary N) is 1. The van der Waals surface area contributed by atoms with E-state index in [0.29, 0.717) is 22.3 Å². The normalized spacial score (nSPS) is 13.1. The number of nitrogens with two attached hydrogens (primary N) is 1. The zero-order valence-corrected chi connectivity index (χ0v) is 14.1. The van der Waals surface area contributed by atoms with E-state index in [1.165, 1.54) is 0 Å². The van der Waals surface area contributed by atoms with Crippen LogP contribution in [-0.4, -0.2) is 10.6 Å². The first-order valence-electron chi connectivity index (χ1n) is 7.02. The van der Waals surface area contributed by atoms with E-state index in [9.17, 15) is 5.11 Å². The van der Waals surface area contributed by atoms with Gasteiger partial charge in [-0.25, -0.2) is 0 Å². The summed E-state index contributed by atoms with van der Waals surface area (Å²) in [6.45, 7) is 4.46. The van der Waals surface area contributed by atoms with Crippen molar-refractivity contribution in [1.29, 1.82) is 0 Å². The lowest BCUT2D eigenvalue weighted by molar-refractivity contribution is 0.0792. The van der Waals surface area contributed by atoms with Gasteiger partial charge in [0, 0.05) is 17.1 Å². The summed E-state index contributed by atoms with van der Waals surface area (Å²) in [4.78, 5) is 0. The molecule has 0 fully saturated rings. The van der Waals surface area contributed by atoms with Gasteiger partial charge in [0.1, 0.15) is 0 Å². The fourth-order valence-corrected chi connectivity index (χ4v) is 2.54. The Bertz CT molecular complexity index is 659. The zero-order chi connectivity index (χ0) is 16.3. The van der Waals surface area contributed by atoms with Crippen molar-refractivity contribution in [2.24, 2.45) is 0 Å². The summed E-state index contributed by atoms with van der Waals surface area (Å²) in [7, 11) is 0. The third kappa shape index (κ3) is 4.14. The monoisotopic (exact) mass is 338 g/mol. The molecule has 118 valence electrons. The van der Waals surface area contributed by atoms with Crippen LogP contribution in [-0.2, 0) is 6.54 Å². The highest BCUT2D eigenvalue weighted by atomic mass is 35.5. The molecular formula is C17H20Cl2N2O. The summed E-state index contributed by atoms with van der Waals surface area (Å²) in [6, 6.07) is 12.8. The van der Waals surface area contributed by atoms with Gasteiger partial charge in [0.05, 0.1) is 16.8 Å². The molecular weight excluding hydrogens is 319 g/mol. The number of aliphatic hydroxyl groups is 1. The van der Waals surface area contributed by atoms with Gasteiger partial charge < -0.3 is 16.2 Å². The predicted octanol–water partition coefficient (Wildman–Crippen LogP) is 4.18. The number of aliphatic hydroxyl groups excluding tert-OH is 1. The van der Waals surface area contributed by atoms with E-state index < -0.39 is 11.6 Å². The van der Waals surface area contributed by atoms with Crippen LogP contribution in [0, 0.1) is 0 Å². The van der Waals surface area contributed by atoms with Gasteiger partial charge in [-0.15, -0.1) is 0 Å². The molecule has 0 aliphatic rings. The molecule has 0 spiro atoms. The third-order valence-corrected chi connectivity index (χ3v) is 4.24. The Kier molecular flexibility index (Phi) is 5.35. The van der Waals surface area contributed by atoms with Crippen LogP contribution in [0.25, 0.3) is 0 Å². The summed E-state index contributed by atoms with van der Waals surface area (Å²) < 4.78 is 0. The molecule has 2 aromatic rings. The summed E-state index contributed by atoms with van der Waals surface area (Å²) in [5.41, 5.74) is 7.61.